The lowest BCUT2D eigenvalue weighted by atomic mass is 10.0. The summed E-state index contributed by atoms with van der Waals surface area (Å²) in [6.45, 7) is 4.19. The summed E-state index contributed by atoms with van der Waals surface area (Å²) in [5.74, 6) is -0.828. The van der Waals surface area contributed by atoms with Gasteiger partial charge in [0.2, 0.25) is 0 Å². The van der Waals surface area contributed by atoms with Crippen LogP contribution in [0.25, 0.3) is 0 Å². The lowest BCUT2D eigenvalue weighted by molar-refractivity contribution is 0.0702. The third-order valence-electron chi connectivity index (χ3n) is 3.26. The molecule has 0 saturated carbocycles. The first-order valence-corrected chi connectivity index (χ1v) is 7.43. The fourth-order valence-electron chi connectivity index (χ4n) is 1.94. The van der Waals surface area contributed by atoms with Crippen molar-refractivity contribution >= 4 is 28.9 Å². The van der Waals surface area contributed by atoms with Gasteiger partial charge in [-0.3, -0.25) is 4.79 Å². The van der Waals surface area contributed by atoms with E-state index < -0.39 is 5.97 Å². The first-order chi connectivity index (χ1) is 9.90. The van der Waals surface area contributed by atoms with Gasteiger partial charge in [0.15, 0.2) is 0 Å². The molecular formula is C16H17NO3S. The van der Waals surface area contributed by atoms with Crippen molar-refractivity contribution in [1.82, 2.24) is 0 Å². The van der Waals surface area contributed by atoms with Crippen molar-refractivity contribution in [2.75, 3.05) is 11.9 Å². The summed E-state index contributed by atoms with van der Waals surface area (Å²) in [6.07, 6.45) is 0. The van der Waals surface area contributed by atoms with Gasteiger partial charge in [0.25, 0.3) is 5.91 Å². The minimum absolute atomic E-state index is 0.169. The first kappa shape index (κ1) is 15.3. The largest absolute Gasteiger partial charge is 0.477 e. The highest BCUT2D eigenvalue weighted by molar-refractivity contribution is 7.16. The molecule has 0 spiro atoms. The third kappa shape index (κ3) is 3.31. The summed E-state index contributed by atoms with van der Waals surface area (Å²) < 4.78 is 0. The molecule has 2 aromatic rings. The Balaban J connectivity index is 2.26. The lowest BCUT2D eigenvalue weighted by Crippen LogP contribution is -2.25. The molecule has 1 heterocycles. The molecule has 0 saturated heterocycles. The van der Waals surface area contributed by atoms with E-state index in [1.54, 1.807) is 18.0 Å². The molecule has 2 rings (SSSR count). The van der Waals surface area contributed by atoms with Crippen molar-refractivity contribution in [3.8, 4) is 0 Å². The Kier molecular flexibility index (Phi) is 4.43. The molecule has 0 radical (unpaired) electrons. The van der Waals surface area contributed by atoms with E-state index in [1.165, 1.54) is 6.07 Å². The maximum Gasteiger partial charge on any atom is 0.345 e. The second kappa shape index (κ2) is 6.10. The van der Waals surface area contributed by atoms with Crippen LogP contribution in [0.5, 0.6) is 0 Å². The average molecular weight is 303 g/mol. The van der Waals surface area contributed by atoms with Gasteiger partial charge in [-0.1, -0.05) is 26.0 Å². The second-order valence-corrected chi connectivity index (χ2v) is 6.17. The van der Waals surface area contributed by atoms with Crippen LogP contribution in [0.1, 0.15) is 44.7 Å². The van der Waals surface area contributed by atoms with E-state index in [9.17, 15) is 9.59 Å². The van der Waals surface area contributed by atoms with Gasteiger partial charge >= 0.3 is 5.97 Å². The predicted octanol–water partition coefficient (Wildman–Crippen LogP) is 3.85. The molecule has 0 fully saturated rings. The SMILES string of the molecule is CC(C)c1cccc(N(C)C(=O)c2ccc(C(=O)O)s2)c1. The summed E-state index contributed by atoms with van der Waals surface area (Å²) in [7, 11) is 1.70. The van der Waals surface area contributed by atoms with Gasteiger partial charge in [-0.2, -0.15) is 0 Å². The van der Waals surface area contributed by atoms with Crippen molar-refractivity contribution in [3.05, 3.63) is 51.7 Å². The van der Waals surface area contributed by atoms with Crippen LogP contribution in [-0.4, -0.2) is 24.0 Å². The van der Waals surface area contributed by atoms with Gasteiger partial charge in [0, 0.05) is 12.7 Å². The van der Waals surface area contributed by atoms with Gasteiger partial charge in [-0.15, -0.1) is 11.3 Å². The molecule has 4 nitrogen and oxygen atoms in total. The highest BCUT2D eigenvalue weighted by atomic mass is 32.1. The Bertz CT molecular complexity index is 676. The quantitative estimate of drug-likeness (QED) is 0.933. The smallest absolute Gasteiger partial charge is 0.345 e. The molecule has 1 N–H and O–H groups in total. The highest BCUT2D eigenvalue weighted by Gasteiger charge is 2.18. The van der Waals surface area contributed by atoms with Crippen molar-refractivity contribution in [2.45, 2.75) is 19.8 Å². The number of hydrogen-bond donors (Lipinski definition) is 1. The Labute approximate surface area is 127 Å². The number of carbonyl (C=O) groups excluding carboxylic acids is 1. The molecule has 0 unspecified atom stereocenters. The molecule has 0 atom stereocenters. The van der Waals surface area contributed by atoms with Gasteiger partial charge < -0.3 is 10.0 Å². The number of thiophene rings is 1. The second-order valence-electron chi connectivity index (χ2n) is 5.08. The zero-order chi connectivity index (χ0) is 15.6. The standard InChI is InChI=1S/C16H17NO3S/c1-10(2)11-5-4-6-12(9-11)17(3)15(18)13-7-8-14(21-13)16(19)20/h4-10H,1-3H3,(H,19,20). The molecule has 0 aliphatic rings. The normalized spacial score (nSPS) is 10.7. The predicted molar refractivity (Wildman–Crippen MR) is 84.5 cm³/mol. The highest BCUT2D eigenvalue weighted by Crippen LogP contribution is 2.24. The van der Waals surface area contributed by atoms with Crippen LogP contribution >= 0.6 is 11.3 Å². The lowest BCUT2D eigenvalue weighted by Gasteiger charge is -2.18. The average Bonchev–Trinajstić information content (AvgIpc) is 2.95. The van der Waals surface area contributed by atoms with Crippen LogP contribution in [-0.2, 0) is 0 Å². The number of carboxylic acid groups (broad SMARTS) is 1. The van der Waals surface area contributed by atoms with Crippen molar-refractivity contribution in [2.24, 2.45) is 0 Å². The van der Waals surface area contributed by atoms with E-state index in [-0.39, 0.29) is 10.8 Å². The number of amides is 1. The number of nitrogens with zero attached hydrogens (tertiary/aromatic N) is 1. The number of carboxylic acids is 1. The third-order valence-corrected chi connectivity index (χ3v) is 4.32. The molecule has 0 aliphatic carbocycles. The number of rotatable bonds is 4. The monoisotopic (exact) mass is 303 g/mol. The van der Waals surface area contributed by atoms with Gasteiger partial charge in [0.05, 0.1) is 4.88 Å². The zero-order valence-corrected chi connectivity index (χ0v) is 13.0. The van der Waals surface area contributed by atoms with Crippen LogP contribution in [0.15, 0.2) is 36.4 Å². The van der Waals surface area contributed by atoms with Crippen molar-refractivity contribution in [3.63, 3.8) is 0 Å². The Morgan fingerprint density at radius 1 is 1.14 bits per heavy atom. The molecule has 110 valence electrons. The minimum Gasteiger partial charge on any atom is -0.477 e. The summed E-state index contributed by atoms with van der Waals surface area (Å²) in [6, 6.07) is 10.8. The Hall–Kier alpha value is -2.14. The van der Waals surface area contributed by atoms with Gasteiger partial charge in [-0.25, -0.2) is 4.79 Å². The van der Waals surface area contributed by atoms with Crippen LogP contribution in [0, 0.1) is 0 Å². The summed E-state index contributed by atoms with van der Waals surface area (Å²) in [4.78, 5) is 25.4. The van der Waals surface area contributed by atoms with Crippen LogP contribution < -0.4 is 4.90 Å². The number of anilines is 1. The Morgan fingerprint density at radius 2 is 1.81 bits per heavy atom. The summed E-state index contributed by atoms with van der Waals surface area (Å²) in [5, 5.41) is 8.92. The van der Waals surface area contributed by atoms with Crippen LogP contribution in [0.4, 0.5) is 5.69 Å². The van der Waals surface area contributed by atoms with Crippen LogP contribution in [0.3, 0.4) is 0 Å². The minimum atomic E-state index is -1.01. The van der Waals surface area contributed by atoms with E-state index in [2.05, 4.69) is 13.8 Å². The first-order valence-electron chi connectivity index (χ1n) is 6.61. The molecule has 5 heteroatoms. The van der Waals surface area contributed by atoms with E-state index >= 15 is 0 Å². The molecule has 21 heavy (non-hydrogen) atoms. The fraction of sp³-hybridized carbons (Fsp3) is 0.250. The van der Waals surface area contributed by atoms with Gasteiger partial charge in [-0.05, 0) is 35.7 Å². The van der Waals surface area contributed by atoms with Crippen molar-refractivity contribution < 1.29 is 14.7 Å². The van der Waals surface area contributed by atoms with E-state index in [0.717, 1.165) is 22.6 Å². The van der Waals surface area contributed by atoms with Crippen LogP contribution in [0.2, 0.25) is 0 Å². The molecular weight excluding hydrogens is 286 g/mol. The molecule has 0 aliphatic heterocycles. The number of carbonyl (C=O) groups is 2. The fourth-order valence-corrected chi connectivity index (χ4v) is 2.76. The maximum atomic E-state index is 12.4. The number of benzene rings is 1. The summed E-state index contributed by atoms with van der Waals surface area (Å²) >= 11 is 0.992. The van der Waals surface area contributed by atoms with E-state index in [4.69, 9.17) is 5.11 Å². The molecule has 1 amide bonds. The molecule has 1 aromatic heterocycles. The van der Waals surface area contributed by atoms with Gasteiger partial charge in [0.1, 0.15) is 4.88 Å². The molecule has 0 bridgehead atoms. The topological polar surface area (TPSA) is 57.6 Å². The van der Waals surface area contributed by atoms with E-state index in [1.807, 2.05) is 24.3 Å². The van der Waals surface area contributed by atoms with E-state index in [0.29, 0.717) is 10.8 Å². The zero-order valence-electron chi connectivity index (χ0n) is 12.2. The number of hydrogen-bond acceptors (Lipinski definition) is 3. The number of aromatic carboxylic acids is 1. The maximum absolute atomic E-state index is 12.4. The van der Waals surface area contributed by atoms with Crippen molar-refractivity contribution in [1.29, 1.82) is 0 Å². The summed E-state index contributed by atoms with van der Waals surface area (Å²) in [5.41, 5.74) is 1.96. The molecule has 1 aromatic carbocycles. The Morgan fingerprint density at radius 3 is 2.38 bits per heavy atom.